The van der Waals surface area contributed by atoms with Crippen molar-refractivity contribution in [3.05, 3.63) is 30.1 Å². The molecule has 2 aromatic rings. The molecule has 0 bridgehead atoms. The van der Waals surface area contributed by atoms with Crippen LogP contribution >= 0.6 is 0 Å². The maximum absolute atomic E-state index is 11.8. The second kappa shape index (κ2) is 7.08. The number of ether oxygens (including phenoxy) is 1. The third-order valence-electron chi connectivity index (χ3n) is 4.31. The number of hydrogen-bond donors (Lipinski definition) is 1. The van der Waals surface area contributed by atoms with E-state index in [0.29, 0.717) is 37.2 Å². The first-order chi connectivity index (χ1) is 12.0. The summed E-state index contributed by atoms with van der Waals surface area (Å²) in [5, 5.41) is 3.45. The van der Waals surface area contributed by atoms with Crippen LogP contribution in [0.15, 0.2) is 18.6 Å². The molecule has 1 aliphatic heterocycles. The number of carbonyl (C=O) groups is 1. The molecule has 2 atom stereocenters. The number of aryl methyl sites for hydroxylation is 2. The fourth-order valence-corrected chi connectivity index (χ4v) is 3.16. The Bertz CT molecular complexity index is 759. The molecule has 1 fully saturated rings. The number of likely N-dealkylation sites (tertiary alicyclic amines) is 1. The van der Waals surface area contributed by atoms with Crippen LogP contribution in [-0.2, 0) is 11.8 Å². The van der Waals surface area contributed by atoms with E-state index in [0.717, 1.165) is 5.69 Å². The lowest BCUT2D eigenvalue weighted by Gasteiger charge is -2.19. The number of imidazole rings is 1. The molecule has 0 unspecified atom stereocenters. The zero-order chi connectivity index (χ0) is 18.0. The first-order valence-corrected chi connectivity index (χ1v) is 8.44. The van der Waals surface area contributed by atoms with Crippen molar-refractivity contribution >= 4 is 11.7 Å². The highest BCUT2D eigenvalue weighted by Crippen LogP contribution is 2.29. The highest BCUT2D eigenvalue weighted by molar-refractivity contribution is 5.74. The maximum atomic E-state index is 11.8. The van der Waals surface area contributed by atoms with Gasteiger partial charge in [-0.15, -0.1) is 0 Å². The molecular formula is C17H24N6O2. The lowest BCUT2D eigenvalue weighted by atomic mass is 10.0. The molecule has 1 amide bonds. The van der Waals surface area contributed by atoms with Gasteiger partial charge in [0, 0.05) is 45.2 Å². The molecule has 134 valence electrons. The average molecular weight is 344 g/mol. The summed E-state index contributed by atoms with van der Waals surface area (Å²) in [5.74, 6) is 2.07. The first-order valence-electron chi connectivity index (χ1n) is 8.44. The van der Waals surface area contributed by atoms with Crippen LogP contribution in [0.5, 0.6) is 5.88 Å². The SMILES string of the molecule is CCOc1cc(N[C@@H]2CN(C(C)=O)C[C@H]2c2cn(C)cn2)nc(C)n1. The Kier molecular flexibility index (Phi) is 4.87. The van der Waals surface area contributed by atoms with Crippen LogP contribution in [0, 0.1) is 6.92 Å². The minimum Gasteiger partial charge on any atom is -0.478 e. The van der Waals surface area contributed by atoms with Crippen LogP contribution in [0.1, 0.15) is 31.3 Å². The van der Waals surface area contributed by atoms with Gasteiger partial charge in [0.2, 0.25) is 11.8 Å². The van der Waals surface area contributed by atoms with E-state index in [1.807, 2.05) is 36.6 Å². The summed E-state index contributed by atoms with van der Waals surface area (Å²) in [6.07, 6.45) is 3.78. The lowest BCUT2D eigenvalue weighted by molar-refractivity contribution is -0.127. The van der Waals surface area contributed by atoms with E-state index in [4.69, 9.17) is 4.74 Å². The molecule has 3 rings (SSSR count). The van der Waals surface area contributed by atoms with Crippen molar-refractivity contribution in [3.63, 3.8) is 0 Å². The van der Waals surface area contributed by atoms with Gasteiger partial charge in [0.1, 0.15) is 11.6 Å². The molecule has 3 heterocycles. The van der Waals surface area contributed by atoms with E-state index in [1.54, 1.807) is 19.3 Å². The van der Waals surface area contributed by atoms with Gasteiger partial charge in [-0.1, -0.05) is 0 Å². The van der Waals surface area contributed by atoms with E-state index in [1.165, 1.54) is 0 Å². The molecule has 8 heteroatoms. The summed E-state index contributed by atoms with van der Waals surface area (Å²) >= 11 is 0. The fraction of sp³-hybridized carbons (Fsp3) is 0.529. The topological polar surface area (TPSA) is 85.2 Å². The second-order valence-electron chi connectivity index (χ2n) is 6.32. The average Bonchev–Trinajstić information content (AvgIpc) is 3.13. The number of carbonyl (C=O) groups excluding carboxylic acids is 1. The van der Waals surface area contributed by atoms with Gasteiger partial charge in [0.25, 0.3) is 0 Å². The number of nitrogens with zero attached hydrogens (tertiary/aromatic N) is 5. The summed E-state index contributed by atoms with van der Waals surface area (Å²) in [5.41, 5.74) is 0.972. The normalized spacial score (nSPS) is 19.9. The van der Waals surface area contributed by atoms with Crippen LogP contribution in [0.2, 0.25) is 0 Å². The molecular weight excluding hydrogens is 320 g/mol. The van der Waals surface area contributed by atoms with Gasteiger partial charge in [-0.2, -0.15) is 4.98 Å². The number of hydrogen-bond acceptors (Lipinski definition) is 6. The molecule has 2 aromatic heterocycles. The Morgan fingerprint density at radius 1 is 1.40 bits per heavy atom. The van der Waals surface area contributed by atoms with Crippen LogP contribution < -0.4 is 10.1 Å². The third-order valence-corrected chi connectivity index (χ3v) is 4.31. The van der Waals surface area contributed by atoms with Gasteiger partial charge in [-0.05, 0) is 13.8 Å². The fourth-order valence-electron chi connectivity index (χ4n) is 3.16. The molecule has 1 saturated heterocycles. The van der Waals surface area contributed by atoms with Crippen molar-refractivity contribution in [1.82, 2.24) is 24.4 Å². The standard InChI is InChI=1S/C17H24N6O2/c1-5-25-17-6-16(19-11(2)20-17)21-15-9-23(12(3)24)7-13(15)14-8-22(4)10-18-14/h6,8,10,13,15H,5,7,9H2,1-4H3,(H,19,20,21)/t13-,15+/m0/s1. The highest BCUT2D eigenvalue weighted by Gasteiger charge is 2.36. The number of amides is 1. The molecule has 0 spiro atoms. The molecule has 0 saturated carbocycles. The van der Waals surface area contributed by atoms with Crippen molar-refractivity contribution in [3.8, 4) is 5.88 Å². The predicted molar refractivity (Wildman–Crippen MR) is 93.6 cm³/mol. The smallest absolute Gasteiger partial charge is 0.219 e. The van der Waals surface area contributed by atoms with Crippen molar-refractivity contribution in [2.24, 2.45) is 7.05 Å². The zero-order valence-electron chi connectivity index (χ0n) is 15.1. The Balaban J connectivity index is 1.84. The number of anilines is 1. The second-order valence-corrected chi connectivity index (χ2v) is 6.32. The van der Waals surface area contributed by atoms with Crippen LogP contribution in [-0.4, -0.2) is 56.1 Å². The molecule has 0 radical (unpaired) electrons. The maximum Gasteiger partial charge on any atom is 0.219 e. The summed E-state index contributed by atoms with van der Waals surface area (Å²) in [6.45, 7) is 7.16. The number of nitrogens with one attached hydrogen (secondary N) is 1. The Hall–Kier alpha value is -2.64. The molecule has 1 N–H and O–H groups in total. The van der Waals surface area contributed by atoms with Crippen molar-refractivity contribution in [2.45, 2.75) is 32.7 Å². The predicted octanol–water partition coefficient (Wildman–Crippen LogP) is 1.34. The summed E-state index contributed by atoms with van der Waals surface area (Å²) in [4.78, 5) is 26.9. The van der Waals surface area contributed by atoms with Gasteiger partial charge >= 0.3 is 0 Å². The largest absolute Gasteiger partial charge is 0.478 e. The van der Waals surface area contributed by atoms with E-state index in [-0.39, 0.29) is 17.9 Å². The van der Waals surface area contributed by atoms with Crippen molar-refractivity contribution in [2.75, 3.05) is 25.0 Å². The monoisotopic (exact) mass is 344 g/mol. The third kappa shape index (κ3) is 3.89. The summed E-state index contributed by atoms with van der Waals surface area (Å²) in [7, 11) is 1.94. The van der Waals surface area contributed by atoms with Gasteiger partial charge < -0.3 is 19.5 Å². The minimum absolute atomic E-state index is 0.0302. The Labute approximate surface area is 147 Å². The molecule has 25 heavy (non-hydrogen) atoms. The minimum atomic E-state index is 0.0302. The van der Waals surface area contributed by atoms with Gasteiger partial charge in [-0.25, -0.2) is 9.97 Å². The Morgan fingerprint density at radius 3 is 2.84 bits per heavy atom. The van der Waals surface area contributed by atoms with Crippen LogP contribution in [0.3, 0.4) is 0 Å². The number of rotatable bonds is 5. The van der Waals surface area contributed by atoms with E-state index >= 15 is 0 Å². The van der Waals surface area contributed by atoms with E-state index in [9.17, 15) is 4.79 Å². The molecule has 1 aliphatic rings. The summed E-state index contributed by atoms with van der Waals surface area (Å²) < 4.78 is 7.42. The Morgan fingerprint density at radius 2 is 2.20 bits per heavy atom. The lowest BCUT2D eigenvalue weighted by Crippen LogP contribution is -2.30. The highest BCUT2D eigenvalue weighted by atomic mass is 16.5. The van der Waals surface area contributed by atoms with Gasteiger partial charge in [0.05, 0.1) is 24.7 Å². The van der Waals surface area contributed by atoms with Crippen molar-refractivity contribution in [1.29, 1.82) is 0 Å². The summed E-state index contributed by atoms with van der Waals surface area (Å²) in [6, 6.07) is 1.82. The number of aromatic nitrogens is 4. The van der Waals surface area contributed by atoms with Gasteiger partial charge in [0.15, 0.2) is 0 Å². The zero-order valence-corrected chi connectivity index (χ0v) is 15.1. The molecule has 8 nitrogen and oxygen atoms in total. The quantitative estimate of drug-likeness (QED) is 0.881. The molecule has 0 aromatic carbocycles. The van der Waals surface area contributed by atoms with Crippen molar-refractivity contribution < 1.29 is 9.53 Å². The first kappa shape index (κ1) is 17.2. The van der Waals surface area contributed by atoms with Crippen LogP contribution in [0.25, 0.3) is 0 Å². The van der Waals surface area contributed by atoms with E-state index < -0.39 is 0 Å². The van der Waals surface area contributed by atoms with Crippen LogP contribution in [0.4, 0.5) is 5.82 Å². The van der Waals surface area contributed by atoms with Gasteiger partial charge in [-0.3, -0.25) is 4.79 Å². The van der Waals surface area contributed by atoms with E-state index in [2.05, 4.69) is 20.3 Å². The molecule has 0 aliphatic carbocycles.